The van der Waals surface area contributed by atoms with E-state index in [1.165, 1.54) is 0 Å². The second kappa shape index (κ2) is 5.13. The third-order valence-electron chi connectivity index (χ3n) is 3.04. The molecule has 1 aromatic carbocycles. The van der Waals surface area contributed by atoms with Gasteiger partial charge in [0.1, 0.15) is 5.56 Å². The van der Waals surface area contributed by atoms with E-state index in [0.717, 1.165) is 17.6 Å². The maximum absolute atomic E-state index is 12.1. The average Bonchev–Trinajstić information content (AvgIpc) is 2.94. The molecule has 0 bridgehead atoms. The van der Waals surface area contributed by atoms with Crippen molar-refractivity contribution in [2.45, 2.75) is 0 Å². The molecular weight excluding hydrogens is 290 g/mol. The third kappa shape index (κ3) is 2.42. The van der Waals surface area contributed by atoms with Gasteiger partial charge in [0, 0.05) is 17.1 Å². The summed E-state index contributed by atoms with van der Waals surface area (Å²) in [5, 5.41) is 20.7. The Morgan fingerprint density at radius 2 is 2.14 bits per heavy atom. The molecule has 3 N–H and O–H groups in total. The van der Waals surface area contributed by atoms with Gasteiger partial charge in [-0.1, -0.05) is 0 Å². The third-order valence-corrected chi connectivity index (χ3v) is 3.04. The van der Waals surface area contributed by atoms with E-state index < -0.39 is 16.4 Å². The second-order valence-electron chi connectivity index (χ2n) is 4.48. The number of rotatable bonds is 3. The van der Waals surface area contributed by atoms with Crippen LogP contribution in [0.25, 0.3) is 10.9 Å². The Balaban J connectivity index is 1.92. The fourth-order valence-corrected chi connectivity index (χ4v) is 1.96. The molecule has 1 amide bonds. The van der Waals surface area contributed by atoms with Gasteiger partial charge < -0.3 is 10.3 Å². The van der Waals surface area contributed by atoms with Crippen LogP contribution < -0.4 is 10.9 Å². The summed E-state index contributed by atoms with van der Waals surface area (Å²) in [6, 6.07) is 5.96. The lowest BCUT2D eigenvalue weighted by atomic mass is 10.2. The number of benzene rings is 1. The van der Waals surface area contributed by atoms with Gasteiger partial charge in [-0.25, -0.2) is 0 Å². The van der Waals surface area contributed by atoms with Crippen molar-refractivity contribution in [3.63, 3.8) is 0 Å². The number of hydrogen-bond acceptors (Lipinski definition) is 5. The van der Waals surface area contributed by atoms with E-state index in [2.05, 4.69) is 20.5 Å². The zero-order valence-electron chi connectivity index (χ0n) is 11.0. The number of carbonyl (C=O) groups excluding carboxylic acids is 1. The normalized spacial score (nSPS) is 10.5. The quantitative estimate of drug-likeness (QED) is 0.496. The highest BCUT2D eigenvalue weighted by Crippen LogP contribution is 2.17. The number of carbonyl (C=O) groups is 1. The molecule has 3 aromatic rings. The lowest BCUT2D eigenvalue weighted by molar-refractivity contribution is -0.385. The number of pyridine rings is 1. The number of nitro groups is 1. The van der Waals surface area contributed by atoms with Crippen LogP contribution in [0.1, 0.15) is 10.4 Å². The van der Waals surface area contributed by atoms with E-state index in [9.17, 15) is 19.7 Å². The summed E-state index contributed by atoms with van der Waals surface area (Å²) in [7, 11) is 0. The lowest BCUT2D eigenvalue weighted by Crippen LogP contribution is -2.23. The van der Waals surface area contributed by atoms with Crippen LogP contribution in [0, 0.1) is 10.1 Å². The van der Waals surface area contributed by atoms with Gasteiger partial charge in [0.05, 0.1) is 22.8 Å². The zero-order chi connectivity index (χ0) is 15.7. The molecule has 0 saturated heterocycles. The topological polar surface area (TPSA) is 134 Å². The minimum atomic E-state index is -0.733. The number of nitrogens with zero attached hydrogens (tertiary/aromatic N) is 2. The van der Waals surface area contributed by atoms with Crippen molar-refractivity contribution in [3.05, 3.63) is 62.7 Å². The van der Waals surface area contributed by atoms with Gasteiger partial charge in [0.2, 0.25) is 0 Å². The van der Waals surface area contributed by atoms with Gasteiger partial charge in [-0.3, -0.25) is 24.8 Å². The molecule has 0 aliphatic heterocycles. The molecule has 2 heterocycles. The summed E-state index contributed by atoms with van der Waals surface area (Å²) >= 11 is 0. The molecule has 9 heteroatoms. The lowest BCUT2D eigenvalue weighted by Gasteiger charge is -2.04. The van der Waals surface area contributed by atoms with Crippen molar-refractivity contribution in [1.29, 1.82) is 0 Å². The number of anilines is 1. The highest BCUT2D eigenvalue weighted by molar-refractivity contribution is 6.05. The van der Waals surface area contributed by atoms with Gasteiger partial charge >= 0.3 is 0 Å². The Morgan fingerprint density at radius 1 is 1.32 bits per heavy atom. The van der Waals surface area contributed by atoms with Gasteiger partial charge in [0.25, 0.3) is 17.2 Å². The van der Waals surface area contributed by atoms with Crippen molar-refractivity contribution < 1.29 is 9.72 Å². The smallest absolute Gasteiger partial charge is 0.286 e. The molecule has 22 heavy (non-hydrogen) atoms. The Labute approximate surface area is 122 Å². The van der Waals surface area contributed by atoms with E-state index in [1.54, 1.807) is 24.4 Å². The first-order valence-corrected chi connectivity index (χ1v) is 6.16. The van der Waals surface area contributed by atoms with E-state index in [4.69, 9.17) is 0 Å². The summed E-state index contributed by atoms with van der Waals surface area (Å²) in [6.07, 6.45) is 2.57. The van der Waals surface area contributed by atoms with Gasteiger partial charge in [-0.15, -0.1) is 0 Å². The number of nitrogens with one attached hydrogen (secondary N) is 3. The molecule has 0 saturated carbocycles. The monoisotopic (exact) mass is 299 g/mol. The van der Waals surface area contributed by atoms with Gasteiger partial charge in [-0.05, 0) is 18.2 Å². The molecule has 0 fully saturated rings. The molecule has 0 spiro atoms. The zero-order valence-corrected chi connectivity index (χ0v) is 11.0. The van der Waals surface area contributed by atoms with Crippen LogP contribution in [0.15, 0.2) is 41.5 Å². The number of fused-ring (bicyclic) bond motifs is 1. The second-order valence-corrected chi connectivity index (χ2v) is 4.48. The molecule has 9 nitrogen and oxygen atoms in total. The Morgan fingerprint density at radius 3 is 2.91 bits per heavy atom. The molecule has 0 radical (unpaired) electrons. The summed E-state index contributed by atoms with van der Waals surface area (Å²) in [5.74, 6) is -0.733. The number of hydrogen-bond donors (Lipinski definition) is 3. The van der Waals surface area contributed by atoms with Crippen molar-refractivity contribution in [3.8, 4) is 0 Å². The Hall–Kier alpha value is -3.49. The summed E-state index contributed by atoms with van der Waals surface area (Å²) < 4.78 is 0. The van der Waals surface area contributed by atoms with Crippen LogP contribution in [-0.2, 0) is 0 Å². The molecule has 0 aliphatic rings. The number of amides is 1. The minimum Gasteiger partial charge on any atom is -0.322 e. The molecule has 3 rings (SSSR count). The number of H-pyrrole nitrogens is 2. The molecule has 0 unspecified atom stereocenters. The minimum absolute atomic E-state index is 0.334. The summed E-state index contributed by atoms with van der Waals surface area (Å²) in [4.78, 5) is 35.9. The molecule has 0 aliphatic carbocycles. The van der Waals surface area contributed by atoms with Gasteiger partial charge in [0.15, 0.2) is 0 Å². The fourth-order valence-electron chi connectivity index (χ4n) is 1.96. The standard InChI is InChI=1S/C13H9N5O4/c19-12-10(4-9(6-14-12)18(21)22)13(20)16-8-2-1-7-5-15-17-11(7)3-8/h1-6H,(H,14,19)(H,15,17)(H,16,20). The highest BCUT2D eigenvalue weighted by Gasteiger charge is 2.16. The first-order chi connectivity index (χ1) is 10.5. The fraction of sp³-hybridized carbons (Fsp3) is 0. The van der Waals surface area contributed by atoms with E-state index >= 15 is 0 Å². The van der Waals surface area contributed by atoms with E-state index in [-0.39, 0.29) is 11.3 Å². The van der Waals surface area contributed by atoms with Crippen LogP contribution in [-0.4, -0.2) is 26.0 Å². The van der Waals surface area contributed by atoms with E-state index in [0.29, 0.717) is 11.2 Å². The Bertz CT molecular complexity index is 943. The van der Waals surface area contributed by atoms with Crippen LogP contribution in [0.4, 0.5) is 11.4 Å². The molecule has 2 aromatic heterocycles. The van der Waals surface area contributed by atoms with Crippen molar-refractivity contribution >= 4 is 28.2 Å². The maximum atomic E-state index is 12.1. The molecule has 110 valence electrons. The number of aromatic amines is 2. The maximum Gasteiger partial charge on any atom is 0.286 e. The first-order valence-electron chi connectivity index (χ1n) is 6.16. The largest absolute Gasteiger partial charge is 0.322 e. The molecule has 0 atom stereocenters. The van der Waals surface area contributed by atoms with Crippen LogP contribution in [0.5, 0.6) is 0 Å². The SMILES string of the molecule is O=C(Nc1ccc2cn[nH]c2c1)c1cc([N+](=O)[O-])c[nH]c1=O. The van der Waals surface area contributed by atoms with E-state index in [1.807, 2.05) is 0 Å². The molecular formula is C13H9N5O4. The first kappa shape index (κ1) is 13.5. The van der Waals surface area contributed by atoms with Crippen LogP contribution in [0.3, 0.4) is 0 Å². The summed E-state index contributed by atoms with van der Waals surface area (Å²) in [5.41, 5.74) is -0.253. The summed E-state index contributed by atoms with van der Waals surface area (Å²) in [6.45, 7) is 0. The average molecular weight is 299 g/mol. The van der Waals surface area contributed by atoms with Crippen LogP contribution >= 0.6 is 0 Å². The predicted molar refractivity (Wildman–Crippen MR) is 77.8 cm³/mol. The van der Waals surface area contributed by atoms with Gasteiger partial charge in [-0.2, -0.15) is 5.10 Å². The Kier molecular flexibility index (Phi) is 3.14. The van der Waals surface area contributed by atoms with Crippen LogP contribution in [0.2, 0.25) is 0 Å². The highest BCUT2D eigenvalue weighted by atomic mass is 16.6. The number of aromatic nitrogens is 3. The predicted octanol–water partition coefficient (Wildman–Crippen LogP) is 1.41. The van der Waals surface area contributed by atoms with Crippen molar-refractivity contribution in [1.82, 2.24) is 15.2 Å². The van der Waals surface area contributed by atoms with Crippen molar-refractivity contribution in [2.75, 3.05) is 5.32 Å². The van der Waals surface area contributed by atoms with Crippen molar-refractivity contribution in [2.24, 2.45) is 0 Å².